The molecule has 172 valence electrons. The van der Waals surface area contributed by atoms with E-state index in [2.05, 4.69) is 0 Å². The van der Waals surface area contributed by atoms with Crippen LogP contribution in [0.15, 0.2) is 24.3 Å². The van der Waals surface area contributed by atoms with Gasteiger partial charge in [0.1, 0.15) is 36.2 Å². The second kappa shape index (κ2) is 11.6. The van der Waals surface area contributed by atoms with Gasteiger partial charge in [-0.2, -0.15) is 0 Å². The minimum Gasteiger partial charge on any atom is -0.496 e. The van der Waals surface area contributed by atoms with Crippen molar-refractivity contribution in [1.82, 2.24) is 0 Å². The Bertz CT molecular complexity index is 914. The molecule has 2 aromatic rings. The van der Waals surface area contributed by atoms with Crippen LogP contribution in [0.2, 0.25) is 0 Å². The fraction of sp³-hybridized carbons (Fsp3) is 0.333. The molecule has 0 N–H and O–H groups in total. The zero-order valence-electron chi connectivity index (χ0n) is 19.1. The fourth-order valence-corrected chi connectivity index (χ4v) is 2.99. The van der Waals surface area contributed by atoms with E-state index < -0.39 is 0 Å². The normalized spacial score (nSPS) is 10.6. The van der Waals surface area contributed by atoms with Crippen LogP contribution in [0.1, 0.15) is 36.1 Å². The molecule has 0 aliphatic heterocycles. The van der Waals surface area contributed by atoms with E-state index in [9.17, 15) is 9.59 Å². The van der Waals surface area contributed by atoms with Crippen molar-refractivity contribution in [2.75, 3.05) is 28.4 Å². The lowest BCUT2D eigenvalue weighted by Crippen LogP contribution is -2.02. The highest BCUT2D eigenvalue weighted by molar-refractivity contribution is 5.77. The van der Waals surface area contributed by atoms with E-state index in [-0.39, 0.29) is 25.2 Å². The molecule has 0 saturated heterocycles. The molecule has 0 aliphatic rings. The lowest BCUT2D eigenvalue weighted by molar-refractivity contribution is -0.143. The molecule has 8 nitrogen and oxygen atoms in total. The Labute approximate surface area is 187 Å². The van der Waals surface area contributed by atoms with Gasteiger partial charge in [-0.1, -0.05) is 12.2 Å². The molecular formula is C24H28O8. The predicted molar refractivity (Wildman–Crippen MR) is 119 cm³/mol. The highest BCUT2D eigenvalue weighted by atomic mass is 16.5. The number of carbonyl (C=O) groups excluding carboxylic acids is 2. The Morgan fingerprint density at radius 2 is 0.969 bits per heavy atom. The number of esters is 2. The third-order valence-electron chi connectivity index (χ3n) is 4.57. The van der Waals surface area contributed by atoms with Crippen molar-refractivity contribution in [1.29, 1.82) is 0 Å². The average Bonchev–Trinajstić information content (AvgIpc) is 2.79. The SMILES string of the molecule is COc1cc(COC(C)=O)c(OC)cc1/C=C/c1cc(OC)c(COC(C)=O)cc1OC. The Kier molecular flexibility index (Phi) is 8.95. The van der Waals surface area contributed by atoms with Crippen molar-refractivity contribution in [3.8, 4) is 23.0 Å². The highest BCUT2D eigenvalue weighted by Crippen LogP contribution is 2.34. The highest BCUT2D eigenvalue weighted by Gasteiger charge is 2.13. The molecular weight excluding hydrogens is 416 g/mol. The van der Waals surface area contributed by atoms with Crippen molar-refractivity contribution in [3.63, 3.8) is 0 Å². The lowest BCUT2D eigenvalue weighted by Gasteiger charge is -2.14. The van der Waals surface area contributed by atoms with Crippen molar-refractivity contribution < 1.29 is 38.0 Å². The van der Waals surface area contributed by atoms with E-state index in [4.69, 9.17) is 28.4 Å². The standard InChI is InChI=1S/C24H28O8/c1-15(25)31-13-19-11-21(27-3)17(9-23(19)29-5)7-8-18-10-24(30-6)20(12-22(18)28-4)14-32-16(2)26/h7-12H,13-14H2,1-6H3/b8-7+. The zero-order valence-corrected chi connectivity index (χ0v) is 19.1. The van der Waals surface area contributed by atoms with Gasteiger partial charge in [-0.25, -0.2) is 0 Å². The Balaban J connectivity index is 2.42. The van der Waals surface area contributed by atoms with Crippen LogP contribution in [-0.4, -0.2) is 40.4 Å². The molecule has 0 aliphatic carbocycles. The minimum atomic E-state index is -0.381. The van der Waals surface area contributed by atoms with E-state index in [1.54, 1.807) is 52.7 Å². The summed E-state index contributed by atoms with van der Waals surface area (Å²) in [6.07, 6.45) is 3.69. The summed E-state index contributed by atoms with van der Waals surface area (Å²) in [6.45, 7) is 2.85. The first-order chi connectivity index (χ1) is 15.3. The van der Waals surface area contributed by atoms with Crippen molar-refractivity contribution in [2.24, 2.45) is 0 Å². The van der Waals surface area contributed by atoms with Crippen LogP contribution in [-0.2, 0) is 32.3 Å². The predicted octanol–water partition coefficient (Wildman–Crippen LogP) is 4.02. The topological polar surface area (TPSA) is 89.5 Å². The van der Waals surface area contributed by atoms with Crippen LogP contribution in [0.25, 0.3) is 12.2 Å². The van der Waals surface area contributed by atoms with Gasteiger partial charge in [0.05, 0.1) is 28.4 Å². The molecule has 2 aromatic carbocycles. The molecule has 0 atom stereocenters. The first-order valence-corrected chi connectivity index (χ1v) is 9.77. The van der Waals surface area contributed by atoms with E-state index in [0.29, 0.717) is 34.1 Å². The summed E-state index contributed by atoms with van der Waals surface area (Å²) in [5, 5.41) is 0. The second-order valence-corrected chi connectivity index (χ2v) is 6.71. The maximum Gasteiger partial charge on any atom is 0.302 e. The van der Waals surface area contributed by atoms with E-state index in [1.807, 2.05) is 12.2 Å². The number of carbonyl (C=O) groups is 2. The summed E-state index contributed by atoms with van der Waals surface area (Å²) in [4.78, 5) is 22.3. The maximum atomic E-state index is 11.2. The van der Waals surface area contributed by atoms with Crippen molar-refractivity contribution in [3.05, 3.63) is 46.5 Å². The van der Waals surface area contributed by atoms with Crippen LogP contribution in [0.5, 0.6) is 23.0 Å². The van der Waals surface area contributed by atoms with E-state index in [1.165, 1.54) is 13.8 Å². The van der Waals surface area contributed by atoms with E-state index in [0.717, 1.165) is 11.1 Å². The van der Waals surface area contributed by atoms with Gasteiger partial charge >= 0.3 is 11.9 Å². The van der Waals surface area contributed by atoms with Gasteiger partial charge in [-0.3, -0.25) is 9.59 Å². The summed E-state index contributed by atoms with van der Waals surface area (Å²) < 4.78 is 32.1. The number of methoxy groups -OCH3 is 4. The lowest BCUT2D eigenvalue weighted by atomic mass is 10.0. The smallest absolute Gasteiger partial charge is 0.302 e. The van der Waals surface area contributed by atoms with Crippen LogP contribution < -0.4 is 18.9 Å². The first-order valence-electron chi connectivity index (χ1n) is 9.77. The van der Waals surface area contributed by atoms with Gasteiger partial charge in [0.2, 0.25) is 0 Å². The summed E-state index contributed by atoms with van der Waals surface area (Å²) in [7, 11) is 6.20. The van der Waals surface area contributed by atoms with Gasteiger partial charge < -0.3 is 28.4 Å². The number of ether oxygens (including phenoxy) is 6. The third kappa shape index (κ3) is 6.41. The van der Waals surface area contributed by atoms with Gasteiger partial charge in [0.15, 0.2) is 0 Å². The van der Waals surface area contributed by atoms with Crippen molar-refractivity contribution in [2.45, 2.75) is 27.1 Å². The average molecular weight is 444 g/mol. The number of hydrogen-bond donors (Lipinski definition) is 0. The maximum absolute atomic E-state index is 11.2. The third-order valence-corrected chi connectivity index (χ3v) is 4.57. The van der Waals surface area contributed by atoms with Gasteiger partial charge in [-0.15, -0.1) is 0 Å². The van der Waals surface area contributed by atoms with Gasteiger partial charge in [0, 0.05) is 36.1 Å². The summed E-state index contributed by atoms with van der Waals surface area (Å²) in [5.74, 6) is 1.53. The molecule has 32 heavy (non-hydrogen) atoms. The Morgan fingerprint density at radius 1 is 0.625 bits per heavy atom. The summed E-state index contributed by atoms with van der Waals surface area (Å²) >= 11 is 0. The molecule has 0 aromatic heterocycles. The quantitative estimate of drug-likeness (QED) is 0.401. The van der Waals surface area contributed by atoms with Crippen LogP contribution in [0.4, 0.5) is 0 Å². The van der Waals surface area contributed by atoms with Crippen LogP contribution in [0, 0.1) is 0 Å². The largest absolute Gasteiger partial charge is 0.496 e. The van der Waals surface area contributed by atoms with E-state index >= 15 is 0 Å². The summed E-state index contributed by atoms with van der Waals surface area (Å²) in [6, 6.07) is 7.13. The molecule has 0 spiro atoms. The second-order valence-electron chi connectivity index (χ2n) is 6.71. The Morgan fingerprint density at radius 3 is 1.25 bits per heavy atom. The number of benzene rings is 2. The molecule has 0 heterocycles. The number of rotatable bonds is 10. The van der Waals surface area contributed by atoms with Crippen LogP contribution in [0.3, 0.4) is 0 Å². The molecule has 0 amide bonds. The molecule has 0 saturated carbocycles. The minimum absolute atomic E-state index is 0.0771. The molecule has 2 rings (SSSR count). The molecule has 0 radical (unpaired) electrons. The fourth-order valence-electron chi connectivity index (χ4n) is 2.99. The van der Waals surface area contributed by atoms with Crippen molar-refractivity contribution >= 4 is 24.1 Å². The monoisotopic (exact) mass is 444 g/mol. The first kappa shape index (κ1) is 24.6. The molecule has 0 bridgehead atoms. The molecule has 0 unspecified atom stereocenters. The van der Waals surface area contributed by atoms with Crippen LogP contribution >= 0.6 is 0 Å². The van der Waals surface area contributed by atoms with Gasteiger partial charge in [0.25, 0.3) is 0 Å². The zero-order chi connectivity index (χ0) is 23.7. The summed E-state index contributed by atoms with van der Waals surface area (Å²) in [5.41, 5.74) is 2.87. The molecule has 8 heteroatoms. The molecule has 0 fully saturated rings. The van der Waals surface area contributed by atoms with Gasteiger partial charge in [-0.05, 0) is 24.3 Å². The number of hydrogen-bond acceptors (Lipinski definition) is 8. The Hall–Kier alpha value is -3.68.